The Balaban J connectivity index is 2.22. The number of benzene rings is 2. The molecule has 0 aliphatic carbocycles. The normalized spacial score (nSPS) is 10.3. The van der Waals surface area contributed by atoms with Crippen LogP contribution in [0.2, 0.25) is 0 Å². The van der Waals surface area contributed by atoms with E-state index in [1.54, 1.807) is 0 Å². The van der Waals surface area contributed by atoms with Crippen molar-refractivity contribution in [1.82, 2.24) is 0 Å². The maximum Gasteiger partial charge on any atom is 0.295 e. The molecule has 0 heterocycles. The molecule has 0 aliphatic heterocycles. The summed E-state index contributed by atoms with van der Waals surface area (Å²) in [6, 6.07) is 9.49. The number of aryl methyl sites for hydroxylation is 1. The summed E-state index contributed by atoms with van der Waals surface area (Å²) in [6.07, 6.45) is 0. The first-order valence-corrected chi connectivity index (χ1v) is 6.70. The van der Waals surface area contributed by atoms with Gasteiger partial charge in [-0.25, -0.2) is 4.39 Å². The molecule has 0 amide bonds. The highest BCUT2D eigenvalue weighted by atomic mass is 79.9. The third kappa shape index (κ3) is 3.14. The maximum atomic E-state index is 13.7. The summed E-state index contributed by atoms with van der Waals surface area (Å²) in [5, 5.41) is 13.7. The first-order chi connectivity index (χ1) is 9.49. The Morgan fingerprint density at radius 2 is 2.10 bits per heavy atom. The molecule has 1 N–H and O–H groups in total. The number of nitrogens with zero attached hydrogens (tertiary/aromatic N) is 1. The second kappa shape index (κ2) is 6.00. The highest BCUT2D eigenvalue weighted by Crippen LogP contribution is 2.27. The lowest BCUT2D eigenvalue weighted by Crippen LogP contribution is -2.05. The molecule has 2 aromatic carbocycles. The van der Waals surface area contributed by atoms with Gasteiger partial charge < -0.3 is 5.32 Å². The molecular formula is C14H12BrFN2O2. The Hall–Kier alpha value is -1.95. The molecule has 4 nitrogen and oxygen atoms in total. The van der Waals surface area contributed by atoms with Gasteiger partial charge in [0.25, 0.3) is 5.69 Å². The lowest BCUT2D eigenvalue weighted by molar-refractivity contribution is -0.384. The van der Waals surface area contributed by atoms with E-state index in [1.165, 1.54) is 18.2 Å². The average molecular weight is 339 g/mol. The van der Waals surface area contributed by atoms with Crippen molar-refractivity contribution < 1.29 is 9.31 Å². The van der Waals surface area contributed by atoms with Crippen molar-refractivity contribution >= 4 is 27.3 Å². The number of hydrogen-bond acceptors (Lipinski definition) is 3. The predicted molar refractivity (Wildman–Crippen MR) is 79.3 cm³/mol. The number of rotatable bonds is 4. The molecule has 0 unspecified atom stereocenters. The topological polar surface area (TPSA) is 55.2 Å². The third-order valence-corrected chi connectivity index (χ3v) is 3.77. The molecule has 0 aromatic heterocycles. The van der Waals surface area contributed by atoms with Crippen molar-refractivity contribution in [3.63, 3.8) is 0 Å². The van der Waals surface area contributed by atoms with Crippen LogP contribution in [0, 0.1) is 22.9 Å². The second-order valence-corrected chi connectivity index (χ2v) is 5.18. The van der Waals surface area contributed by atoms with Gasteiger partial charge in [-0.1, -0.05) is 34.1 Å². The minimum absolute atomic E-state index is 0.0851. The second-order valence-electron chi connectivity index (χ2n) is 4.33. The van der Waals surface area contributed by atoms with Crippen LogP contribution in [0.15, 0.2) is 40.9 Å². The summed E-state index contributed by atoms with van der Waals surface area (Å²) < 4.78 is 14.7. The van der Waals surface area contributed by atoms with Gasteiger partial charge in [0.1, 0.15) is 5.69 Å². The number of nitro benzene ring substituents is 1. The van der Waals surface area contributed by atoms with Gasteiger partial charge in [-0.3, -0.25) is 10.1 Å². The van der Waals surface area contributed by atoms with Crippen molar-refractivity contribution in [1.29, 1.82) is 0 Å². The van der Waals surface area contributed by atoms with Gasteiger partial charge in [0, 0.05) is 17.1 Å². The first kappa shape index (κ1) is 14.5. The molecule has 0 bridgehead atoms. The fourth-order valence-corrected chi connectivity index (χ4v) is 2.09. The standard InChI is InChI=1S/C14H12BrFN2O2/c1-9-7-10(5-6-11(9)15)8-17-14-12(16)3-2-4-13(14)18(19)20/h2-7,17H,8H2,1H3. The van der Waals surface area contributed by atoms with Crippen LogP contribution >= 0.6 is 15.9 Å². The molecule has 0 saturated heterocycles. The van der Waals surface area contributed by atoms with Crippen molar-refractivity contribution in [2.24, 2.45) is 0 Å². The van der Waals surface area contributed by atoms with Crippen LogP contribution in [-0.2, 0) is 6.54 Å². The van der Waals surface area contributed by atoms with Crippen LogP contribution in [0.1, 0.15) is 11.1 Å². The van der Waals surface area contributed by atoms with E-state index in [0.717, 1.165) is 15.6 Å². The zero-order valence-corrected chi connectivity index (χ0v) is 12.3. The first-order valence-electron chi connectivity index (χ1n) is 5.91. The third-order valence-electron chi connectivity index (χ3n) is 2.88. The van der Waals surface area contributed by atoms with E-state index >= 15 is 0 Å². The molecule has 0 radical (unpaired) electrons. The van der Waals surface area contributed by atoms with Crippen LogP contribution in [0.4, 0.5) is 15.8 Å². The Morgan fingerprint density at radius 3 is 2.75 bits per heavy atom. The van der Waals surface area contributed by atoms with Gasteiger partial charge in [-0.15, -0.1) is 0 Å². The summed E-state index contributed by atoms with van der Waals surface area (Å²) in [7, 11) is 0. The van der Waals surface area contributed by atoms with Crippen LogP contribution in [0.25, 0.3) is 0 Å². The van der Waals surface area contributed by atoms with Gasteiger partial charge in [0.2, 0.25) is 0 Å². The molecule has 0 aliphatic rings. The van der Waals surface area contributed by atoms with E-state index in [1.807, 2.05) is 25.1 Å². The van der Waals surface area contributed by atoms with Crippen molar-refractivity contribution in [2.45, 2.75) is 13.5 Å². The van der Waals surface area contributed by atoms with Crippen LogP contribution in [0.5, 0.6) is 0 Å². The van der Waals surface area contributed by atoms with E-state index in [4.69, 9.17) is 0 Å². The molecule has 104 valence electrons. The molecule has 2 aromatic rings. The minimum atomic E-state index is -0.631. The molecule has 0 saturated carbocycles. The van der Waals surface area contributed by atoms with Crippen LogP contribution in [-0.4, -0.2) is 4.92 Å². The Labute approximate surface area is 123 Å². The van der Waals surface area contributed by atoms with E-state index in [9.17, 15) is 14.5 Å². The monoisotopic (exact) mass is 338 g/mol. The Bertz CT molecular complexity index is 662. The Kier molecular flexibility index (Phi) is 4.34. The zero-order valence-electron chi connectivity index (χ0n) is 10.7. The summed E-state index contributed by atoms with van der Waals surface area (Å²) in [4.78, 5) is 10.3. The smallest absolute Gasteiger partial charge is 0.295 e. The quantitative estimate of drug-likeness (QED) is 0.663. The van der Waals surface area contributed by atoms with E-state index in [-0.39, 0.29) is 11.4 Å². The number of para-hydroxylation sites is 1. The van der Waals surface area contributed by atoms with E-state index in [0.29, 0.717) is 6.54 Å². The highest BCUT2D eigenvalue weighted by molar-refractivity contribution is 9.10. The highest BCUT2D eigenvalue weighted by Gasteiger charge is 2.17. The van der Waals surface area contributed by atoms with Crippen LogP contribution in [0.3, 0.4) is 0 Å². The molecule has 6 heteroatoms. The van der Waals surface area contributed by atoms with Gasteiger partial charge >= 0.3 is 0 Å². The van der Waals surface area contributed by atoms with Gasteiger partial charge in [-0.2, -0.15) is 0 Å². The summed E-state index contributed by atoms with van der Waals surface area (Å²) >= 11 is 3.40. The predicted octanol–water partition coefficient (Wildman–Crippen LogP) is 4.42. The van der Waals surface area contributed by atoms with Crippen molar-refractivity contribution in [3.8, 4) is 0 Å². The van der Waals surface area contributed by atoms with Crippen molar-refractivity contribution in [3.05, 3.63) is 67.9 Å². The molecule has 0 fully saturated rings. The molecular weight excluding hydrogens is 327 g/mol. The SMILES string of the molecule is Cc1cc(CNc2c(F)cccc2[N+](=O)[O-])ccc1Br. The minimum Gasteiger partial charge on any atom is -0.373 e. The average Bonchev–Trinajstić information content (AvgIpc) is 2.40. The molecule has 0 spiro atoms. The van der Waals surface area contributed by atoms with Gasteiger partial charge in [0.15, 0.2) is 5.82 Å². The van der Waals surface area contributed by atoms with Gasteiger partial charge in [0.05, 0.1) is 4.92 Å². The number of halogens is 2. The summed E-state index contributed by atoms with van der Waals surface area (Å²) in [5.74, 6) is -0.631. The van der Waals surface area contributed by atoms with Crippen molar-refractivity contribution in [2.75, 3.05) is 5.32 Å². The lowest BCUT2D eigenvalue weighted by Gasteiger charge is -2.09. The van der Waals surface area contributed by atoms with Crippen LogP contribution < -0.4 is 5.32 Å². The number of nitrogens with one attached hydrogen (secondary N) is 1. The number of hydrogen-bond donors (Lipinski definition) is 1. The fraction of sp³-hybridized carbons (Fsp3) is 0.143. The molecule has 2 rings (SSSR count). The summed E-state index contributed by atoms with van der Waals surface area (Å²) in [6.45, 7) is 2.26. The van der Waals surface area contributed by atoms with E-state index in [2.05, 4.69) is 21.2 Å². The summed E-state index contributed by atoms with van der Waals surface area (Å²) in [5.41, 5.74) is 1.62. The lowest BCUT2D eigenvalue weighted by atomic mass is 10.1. The zero-order chi connectivity index (χ0) is 14.7. The van der Waals surface area contributed by atoms with E-state index < -0.39 is 10.7 Å². The van der Waals surface area contributed by atoms with Gasteiger partial charge in [-0.05, 0) is 30.2 Å². The molecule has 20 heavy (non-hydrogen) atoms. The largest absolute Gasteiger partial charge is 0.373 e. The fourth-order valence-electron chi connectivity index (χ4n) is 1.85. The Morgan fingerprint density at radius 1 is 1.35 bits per heavy atom. The number of nitro groups is 1. The number of anilines is 1. The molecule has 0 atom stereocenters. The maximum absolute atomic E-state index is 13.7.